The Labute approximate surface area is 163 Å². The summed E-state index contributed by atoms with van der Waals surface area (Å²) in [6, 6.07) is 4.11. The van der Waals surface area contributed by atoms with Crippen molar-refractivity contribution in [2.45, 2.75) is 18.1 Å². The molecule has 152 valence electrons. The molecule has 4 rings (SSSR count). The van der Waals surface area contributed by atoms with Crippen molar-refractivity contribution >= 4 is 17.6 Å². The molecule has 2 aromatic rings. The maximum absolute atomic E-state index is 14.7. The number of nitrogens with zero attached hydrogens (tertiary/aromatic N) is 3. The highest BCUT2D eigenvalue weighted by molar-refractivity contribution is 6.02. The van der Waals surface area contributed by atoms with Gasteiger partial charge in [0.1, 0.15) is 29.8 Å². The molecule has 1 amide bonds. The lowest BCUT2D eigenvalue weighted by Gasteiger charge is -2.34. The number of alkyl halides is 1. The van der Waals surface area contributed by atoms with Crippen molar-refractivity contribution in [2.75, 3.05) is 25.4 Å². The number of rotatable bonds is 5. The minimum Gasteiger partial charge on any atom is -0.463 e. The highest BCUT2D eigenvalue weighted by Crippen LogP contribution is 2.43. The first kappa shape index (κ1) is 19.0. The van der Waals surface area contributed by atoms with Gasteiger partial charge >= 0.3 is 0 Å². The third-order valence-corrected chi connectivity index (χ3v) is 4.78. The molecule has 11 heteroatoms. The van der Waals surface area contributed by atoms with Gasteiger partial charge < -0.3 is 25.3 Å². The van der Waals surface area contributed by atoms with E-state index in [0.29, 0.717) is 18.7 Å². The van der Waals surface area contributed by atoms with Gasteiger partial charge in [-0.15, -0.1) is 0 Å². The second-order valence-corrected chi connectivity index (χ2v) is 6.44. The van der Waals surface area contributed by atoms with E-state index in [4.69, 9.17) is 15.2 Å². The summed E-state index contributed by atoms with van der Waals surface area (Å²) < 4.78 is 42.2. The number of anilines is 1. The highest BCUT2D eigenvalue weighted by atomic mass is 19.1. The third-order valence-electron chi connectivity index (χ3n) is 4.78. The molecule has 2 atom stereocenters. The number of hydrogen-bond acceptors (Lipinski definition) is 8. The van der Waals surface area contributed by atoms with Crippen LogP contribution in [-0.2, 0) is 15.0 Å². The van der Waals surface area contributed by atoms with Crippen molar-refractivity contribution in [3.05, 3.63) is 47.7 Å². The second-order valence-electron chi connectivity index (χ2n) is 6.44. The number of nitrogens with two attached hydrogens (primary N) is 1. The van der Waals surface area contributed by atoms with E-state index in [2.05, 4.69) is 25.0 Å². The molecule has 9 nitrogen and oxygen atoms in total. The number of fused-ring (bicyclic) bond motifs is 1. The van der Waals surface area contributed by atoms with Crippen molar-refractivity contribution in [3.63, 3.8) is 0 Å². The zero-order valence-corrected chi connectivity index (χ0v) is 15.1. The maximum Gasteiger partial charge on any atom is 0.283 e. The van der Waals surface area contributed by atoms with E-state index >= 15 is 0 Å². The lowest BCUT2D eigenvalue weighted by Crippen LogP contribution is -2.45. The molecule has 0 saturated carbocycles. The minimum atomic E-state index is -1.05. The number of carbonyl (C=O) groups is 1. The second kappa shape index (κ2) is 7.59. The van der Waals surface area contributed by atoms with Gasteiger partial charge in [-0.25, -0.2) is 23.7 Å². The Morgan fingerprint density at radius 3 is 3.00 bits per heavy atom. The molecule has 1 fully saturated rings. The molecule has 0 spiro atoms. The van der Waals surface area contributed by atoms with Crippen LogP contribution in [0.25, 0.3) is 0 Å². The van der Waals surface area contributed by atoms with Crippen molar-refractivity contribution in [1.82, 2.24) is 9.97 Å². The quantitative estimate of drug-likeness (QED) is 0.773. The van der Waals surface area contributed by atoms with Gasteiger partial charge in [0.25, 0.3) is 11.9 Å². The summed E-state index contributed by atoms with van der Waals surface area (Å²) in [7, 11) is 0. The van der Waals surface area contributed by atoms with Crippen LogP contribution in [0.1, 0.15) is 22.5 Å². The largest absolute Gasteiger partial charge is 0.463 e. The van der Waals surface area contributed by atoms with Crippen molar-refractivity contribution < 1.29 is 27.8 Å². The first-order valence-corrected chi connectivity index (χ1v) is 8.74. The Morgan fingerprint density at radius 2 is 2.24 bits per heavy atom. The standard InChI is InChI=1S/C18H17F2N5O4/c19-9-29-15-7-22-13(6-23-15)16(26)24-10-1-2-12(20)11(5-10)18-3-4-27-14(18)8-28-17(21)25-18/h1-2,5-7,14H,3-4,8-9H2,(H2,21,25)(H,24,26)/t14-,18+/m0/s1. The van der Waals surface area contributed by atoms with Crippen molar-refractivity contribution in [2.24, 2.45) is 10.7 Å². The van der Waals surface area contributed by atoms with Crippen molar-refractivity contribution in [1.29, 1.82) is 0 Å². The number of aromatic nitrogens is 2. The molecule has 0 radical (unpaired) electrons. The summed E-state index contributed by atoms with van der Waals surface area (Å²) in [5, 5.41) is 2.63. The van der Waals surface area contributed by atoms with Gasteiger partial charge in [0.15, 0.2) is 0 Å². The van der Waals surface area contributed by atoms with Crippen LogP contribution in [0.2, 0.25) is 0 Å². The molecule has 29 heavy (non-hydrogen) atoms. The number of benzene rings is 1. The number of nitrogens with one attached hydrogen (secondary N) is 1. The average molecular weight is 405 g/mol. The summed E-state index contributed by atoms with van der Waals surface area (Å²) >= 11 is 0. The van der Waals surface area contributed by atoms with Gasteiger partial charge in [0.05, 0.1) is 19.0 Å². The molecule has 2 aliphatic heterocycles. The number of aliphatic imine (C=N–C) groups is 1. The van der Waals surface area contributed by atoms with E-state index in [1.165, 1.54) is 18.2 Å². The van der Waals surface area contributed by atoms with Crippen LogP contribution in [0.15, 0.2) is 35.6 Å². The number of amides is 1. The number of amidine groups is 1. The Bertz CT molecular complexity index is 956. The zero-order chi connectivity index (χ0) is 20.4. The maximum atomic E-state index is 14.7. The Hall–Kier alpha value is -3.34. The Kier molecular flexibility index (Phi) is 4.97. The van der Waals surface area contributed by atoms with Crippen LogP contribution in [0, 0.1) is 5.82 Å². The summed E-state index contributed by atoms with van der Waals surface area (Å²) in [5.41, 5.74) is 5.27. The monoisotopic (exact) mass is 405 g/mol. The molecular formula is C18H17F2N5O4. The molecule has 2 aliphatic rings. The average Bonchev–Trinajstić information content (AvgIpc) is 3.14. The Balaban J connectivity index is 1.60. The van der Waals surface area contributed by atoms with Crippen LogP contribution in [-0.4, -0.2) is 48.1 Å². The van der Waals surface area contributed by atoms with E-state index in [-0.39, 0.29) is 29.8 Å². The smallest absolute Gasteiger partial charge is 0.283 e. The Morgan fingerprint density at radius 1 is 1.38 bits per heavy atom. The van der Waals surface area contributed by atoms with Crippen LogP contribution < -0.4 is 15.8 Å². The summed E-state index contributed by atoms with van der Waals surface area (Å²) in [6.07, 6.45) is 2.22. The van der Waals surface area contributed by atoms with Crippen LogP contribution in [0.5, 0.6) is 5.88 Å². The number of carbonyl (C=O) groups excluding carboxylic acids is 1. The first-order valence-electron chi connectivity index (χ1n) is 8.74. The van der Waals surface area contributed by atoms with Crippen LogP contribution in [0.4, 0.5) is 14.5 Å². The fourth-order valence-electron chi connectivity index (χ4n) is 3.42. The molecule has 0 unspecified atom stereocenters. The molecular weight excluding hydrogens is 388 g/mol. The van der Waals surface area contributed by atoms with Gasteiger partial charge in [0, 0.05) is 17.7 Å². The van der Waals surface area contributed by atoms with E-state index < -0.39 is 30.2 Å². The molecule has 1 saturated heterocycles. The van der Waals surface area contributed by atoms with Gasteiger partial charge in [-0.1, -0.05) is 0 Å². The number of halogens is 2. The van der Waals surface area contributed by atoms with E-state index in [9.17, 15) is 13.6 Å². The minimum absolute atomic E-state index is 0.0179. The van der Waals surface area contributed by atoms with Crippen LogP contribution in [0.3, 0.4) is 0 Å². The molecule has 1 aromatic heterocycles. The predicted octanol–water partition coefficient (Wildman–Crippen LogP) is 1.50. The molecule has 1 aromatic carbocycles. The fraction of sp³-hybridized carbons (Fsp3) is 0.333. The summed E-state index contributed by atoms with van der Waals surface area (Å²) in [6.45, 7) is -0.513. The summed E-state index contributed by atoms with van der Waals surface area (Å²) in [5.74, 6) is -1.12. The van der Waals surface area contributed by atoms with Gasteiger partial charge in [-0.05, 0) is 18.2 Å². The number of ether oxygens (including phenoxy) is 3. The highest BCUT2D eigenvalue weighted by Gasteiger charge is 2.50. The van der Waals surface area contributed by atoms with Gasteiger partial charge in [0.2, 0.25) is 12.7 Å². The molecule has 3 heterocycles. The fourth-order valence-corrected chi connectivity index (χ4v) is 3.42. The number of hydrogen-bond donors (Lipinski definition) is 2. The predicted molar refractivity (Wildman–Crippen MR) is 96.6 cm³/mol. The summed E-state index contributed by atoms with van der Waals surface area (Å²) in [4.78, 5) is 24.4. The van der Waals surface area contributed by atoms with E-state index in [1.54, 1.807) is 0 Å². The van der Waals surface area contributed by atoms with Crippen molar-refractivity contribution in [3.8, 4) is 5.88 Å². The van der Waals surface area contributed by atoms with Crippen LogP contribution >= 0.6 is 0 Å². The SMILES string of the molecule is NC1=N[C@@]2(c3cc(NC(=O)c4cnc(OCF)cn4)ccc3F)CCO[C@H]2CO1. The third kappa shape index (κ3) is 3.56. The van der Waals surface area contributed by atoms with Gasteiger partial charge in [-0.3, -0.25) is 4.79 Å². The normalized spacial score (nSPS) is 23.0. The van der Waals surface area contributed by atoms with E-state index in [1.807, 2.05) is 0 Å². The lowest BCUT2D eigenvalue weighted by atomic mass is 9.83. The molecule has 0 bridgehead atoms. The molecule has 0 aliphatic carbocycles. The van der Waals surface area contributed by atoms with Gasteiger partial charge in [-0.2, -0.15) is 0 Å². The topological polar surface area (TPSA) is 121 Å². The van der Waals surface area contributed by atoms with E-state index in [0.717, 1.165) is 12.4 Å². The lowest BCUT2D eigenvalue weighted by molar-refractivity contribution is 0.0208. The zero-order valence-electron chi connectivity index (χ0n) is 15.1. The molecule has 3 N–H and O–H groups in total. The first-order chi connectivity index (χ1) is 14.0.